The summed E-state index contributed by atoms with van der Waals surface area (Å²) in [6.07, 6.45) is 3.64. The van der Waals surface area contributed by atoms with Gasteiger partial charge >= 0.3 is 0 Å². The van der Waals surface area contributed by atoms with Crippen LogP contribution in [0.3, 0.4) is 0 Å². The first-order valence-corrected chi connectivity index (χ1v) is 9.66. The molecule has 1 amide bonds. The second-order valence-corrected chi connectivity index (χ2v) is 7.16. The minimum absolute atomic E-state index is 0.103. The van der Waals surface area contributed by atoms with Crippen molar-refractivity contribution in [2.45, 2.75) is 12.1 Å². The third-order valence-electron chi connectivity index (χ3n) is 3.78. The molecule has 0 aliphatic rings. The normalized spacial score (nSPS) is 11.0. The molecule has 2 aromatic heterocycles. The number of carbonyl (C=O) groups is 1. The zero-order valence-electron chi connectivity index (χ0n) is 13.9. The average Bonchev–Trinajstić information content (AvgIpc) is 3.29. The largest absolute Gasteiger partial charge is 0.323 e. The van der Waals surface area contributed by atoms with Crippen LogP contribution in [0.15, 0.2) is 60.0 Å². The Morgan fingerprint density at radius 3 is 3.00 bits per heavy atom. The molecule has 6 nitrogen and oxygen atoms in total. The quantitative estimate of drug-likeness (QED) is 0.531. The third kappa shape index (κ3) is 3.47. The van der Waals surface area contributed by atoms with Crippen molar-refractivity contribution < 1.29 is 4.79 Å². The molecule has 0 saturated heterocycles. The number of aryl methyl sites for hydroxylation is 1. The smallest absolute Gasteiger partial charge is 0.234 e. The van der Waals surface area contributed by atoms with Crippen molar-refractivity contribution in [2.75, 3.05) is 11.1 Å². The number of thioether (sulfide) groups is 1. The second-order valence-electron chi connectivity index (χ2n) is 5.69. The van der Waals surface area contributed by atoms with Gasteiger partial charge in [0.1, 0.15) is 11.0 Å². The number of hydrogen-bond acceptors (Lipinski definition) is 6. The lowest BCUT2D eigenvalue weighted by molar-refractivity contribution is -0.113. The molecule has 26 heavy (non-hydrogen) atoms. The van der Waals surface area contributed by atoms with Crippen molar-refractivity contribution in [3.63, 3.8) is 0 Å². The van der Waals surface area contributed by atoms with Gasteiger partial charge in [0.25, 0.3) is 0 Å². The van der Waals surface area contributed by atoms with Crippen LogP contribution >= 0.6 is 23.5 Å². The first kappa shape index (κ1) is 16.7. The minimum Gasteiger partial charge on any atom is -0.323 e. The SMILES string of the molecule is Cc1cccc(-n2ccnc2SCC(=O)Nc2cccc3nsnc23)c1. The molecule has 1 N–H and O–H groups in total. The summed E-state index contributed by atoms with van der Waals surface area (Å²) in [6, 6.07) is 13.7. The van der Waals surface area contributed by atoms with E-state index in [1.165, 1.54) is 17.3 Å². The predicted octanol–water partition coefficient (Wildman–Crippen LogP) is 3.92. The summed E-state index contributed by atoms with van der Waals surface area (Å²) >= 11 is 2.53. The summed E-state index contributed by atoms with van der Waals surface area (Å²) in [6.45, 7) is 2.05. The van der Waals surface area contributed by atoms with E-state index in [9.17, 15) is 4.79 Å². The molecular formula is C18H15N5OS2. The molecule has 4 rings (SSSR count). The van der Waals surface area contributed by atoms with Crippen molar-refractivity contribution in [3.8, 4) is 5.69 Å². The molecule has 2 heterocycles. The molecule has 0 fully saturated rings. The van der Waals surface area contributed by atoms with Crippen molar-refractivity contribution in [3.05, 3.63) is 60.4 Å². The molecule has 8 heteroatoms. The fourth-order valence-electron chi connectivity index (χ4n) is 2.59. The van der Waals surface area contributed by atoms with E-state index in [-0.39, 0.29) is 11.7 Å². The zero-order chi connectivity index (χ0) is 17.9. The molecule has 0 aliphatic carbocycles. The minimum atomic E-state index is -0.103. The molecule has 4 aromatic rings. The Morgan fingerprint density at radius 2 is 2.12 bits per heavy atom. The number of aromatic nitrogens is 4. The number of imidazole rings is 1. The molecule has 0 unspecified atom stereocenters. The van der Waals surface area contributed by atoms with Gasteiger partial charge in [-0.1, -0.05) is 30.0 Å². The topological polar surface area (TPSA) is 72.7 Å². The zero-order valence-corrected chi connectivity index (χ0v) is 15.5. The van der Waals surface area contributed by atoms with Crippen LogP contribution in [-0.2, 0) is 4.79 Å². The summed E-state index contributed by atoms with van der Waals surface area (Å²) in [7, 11) is 0. The number of rotatable bonds is 5. The summed E-state index contributed by atoms with van der Waals surface area (Å²) in [5.74, 6) is 0.158. The number of nitrogens with zero attached hydrogens (tertiary/aromatic N) is 4. The van der Waals surface area contributed by atoms with E-state index in [1.807, 2.05) is 41.1 Å². The monoisotopic (exact) mass is 381 g/mol. The molecular weight excluding hydrogens is 366 g/mol. The van der Waals surface area contributed by atoms with Gasteiger partial charge in [-0.2, -0.15) is 8.75 Å². The van der Waals surface area contributed by atoms with Gasteiger partial charge in [0.05, 0.1) is 23.2 Å². The van der Waals surface area contributed by atoms with Crippen molar-refractivity contribution in [1.29, 1.82) is 0 Å². The Balaban J connectivity index is 1.46. The maximum Gasteiger partial charge on any atom is 0.234 e. The van der Waals surface area contributed by atoms with Gasteiger partial charge in [-0.3, -0.25) is 9.36 Å². The van der Waals surface area contributed by atoms with Gasteiger partial charge < -0.3 is 5.32 Å². The average molecular weight is 381 g/mol. The summed E-state index contributed by atoms with van der Waals surface area (Å²) < 4.78 is 10.4. The Morgan fingerprint density at radius 1 is 1.23 bits per heavy atom. The molecule has 0 saturated carbocycles. The number of nitrogens with one attached hydrogen (secondary N) is 1. The Hall–Kier alpha value is -2.71. The van der Waals surface area contributed by atoms with Gasteiger partial charge in [0.15, 0.2) is 5.16 Å². The predicted molar refractivity (Wildman–Crippen MR) is 105 cm³/mol. The maximum atomic E-state index is 12.4. The van der Waals surface area contributed by atoms with Crippen LogP contribution in [0, 0.1) is 6.92 Å². The number of carbonyl (C=O) groups excluding carboxylic acids is 1. The van der Waals surface area contributed by atoms with Gasteiger partial charge in [-0.05, 0) is 36.8 Å². The van der Waals surface area contributed by atoms with E-state index in [0.29, 0.717) is 5.69 Å². The Kier molecular flexibility index (Phi) is 4.68. The number of fused-ring (bicyclic) bond motifs is 1. The van der Waals surface area contributed by atoms with Crippen molar-refractivity contribution >= 4 is 46.1 Å². The number of hydrogen-bond donors (Lipinski definition) is 1. The van der Waals surface area contributed by atoms with Crippen LogP contribution in [0.4, 0.5) is 5.69 Å². The van der Waals surface area contributed by atoms with Gasteiger partial charge in [-0.25, -0.2) is 4.98 Å². The number of amides is 1. The van der Waals surface area contributed by atoms with Crippen LogP contribution < -0.4 is 5.32 Å². The van der Waals surface area contributed by atoms with Crippen LogP contribution in [-0.4, -0.2) is 30.0 Å². The lowest BCUT2D eigenvalue weighted by atomic mass is 10.2. The summed E-state index contributed by atoms with van der Waals surface area (Å²) in [5, 5.41) is 3.69. The Labute approximate surface area is 158 Å². The molecule has 0 spiro atoms. The van der Waals surface area contributed by atoms with Crippen molar-refractivity contribution in [2.24, 2.45) is 0 Å². The fraction of sp³-hybridized carbons (Fsp3) is 0.111. The number of benzene rings is 2. The van der Waals surface area contributed by atoms with E-state index in [4.69, 9.17) is 0 Å². The highest BCUT2D eigenvalue weighted by Gasteiger charge is 2.12. The molecule has 0 atom stereocenters. The molecule has 2 aromatic carbocycles. The standard InChI is InChI=1S/C18H15N5OS2/c1-12-4-2-5-13(10-12)23-9-8-19-18(23)25-11-16(24)20-14-6-3-7-15-17(14)22-26-21-15/h2-10H,11H2,1H3,(H,20,24). The molecule has 0 radical (unpaired) electrons. The van der Waals surface area contributed by atoms with E-state index in [0.717, 1.165) is 33.6 Å². The molecule has 0 aliphatic heterocycles. The maximum absolute atomic E-state index is 12.4. The lowest BCUT2D eigenvalue weighted by Crippen LogP contribution is -2.14. The van der Waals surface area contributed by atoms with E-state index >= 15 is 0 Å². The highest BCUT2D eigenvalue weighted by molar-refractivity contribution is 7.99. The first-order valence-electron chi connectivity index (χ1n) is 7.95. The Bertz CT molecular complexity index is 1070. The molecule has 130 valence electrons. The number of anilines is 1. The van der Waals surface area contributed by atoms with Crippen LogP contribution in [0.25, 0.3) is 16.7 Å². The van der Waals surface area contributed by atoms with E-state index < -0.39 is 0 Å². The van der Waals surface area contributed by atoms with Crippen LogP contribution in [0.2, 0.25) is 0 Å². The van der Waals surface area contributed by atoms with Gasteiger partial charge in [0, 0.05) is 18.1 Å². The van der Waals surface area contributed by atoms with Gasteiger partial charge in [0.2, 0.25) is 5.91 Å². The fourth-order valence-corrected chi connectivity index (χ4v) is 3.92. The van der Waals surface area contributed by atoms with Gasteiger partial charge in [-0.15, -0.1) is 0 Å². The van der Waals surface area contributed by atoms with E-state index in [2.05, 4.69) is 38.1 Å². The third-order valence-corrected chi connectivity index (χ3v) is 5.29. The van der Waals surface area contributed by atoms with Crippen LogP contribution in [0.5, 0.6) is 0 Å². The highest BCUT2D eigenvalue weighted by atomic mass is 32.2. The first-order chi connectivity index (χ1) is 12.7. The second kappa shape index (κ2) is 7.27. The molecule has 0 bridgehead atoms. The summed E-state index contributed by atoms with van der Waals surface area (Å²) in [5.41, 5.74) is 4.40. The van der Waals surface area contributed by atoms with Crippen LogP contribution in [0.1, 0.15) is 5.56 Å². The summed E-state index contributed by atoms with van der Waals surface area (Å²) in [4.78, 5) is 16.7. The van der Waals surface area contributed by atoms with E-state index in [1.54, 1.807) is 6.20 Å². The lowest BCUT2D eigenvalue weighted by Gasteiger charge is -2.09. The highest BCUT2D eigenvalue weighted by Crippen LogP contribution is 2.23. The van der Waals surface area contributed by atoms with Crippen molar-refractivity contribution in [1.82, 2.24) is 18.3 Å².